The number of aryl methyl sites for hydroxylation is 1. The molecular formula is C8H9N5O. The number of hydrogen-bond donors (Lipinski definition) is 1. The second kappa shape index (κ2) is 3.06. The van der Waals surface area contributed by atoms with Gasteiger partial charge in [0.05, 0.1) is 0 Å². The van der Waals surface area contributed by atoms with Crippen molar-refractivity contribution in [2.75, 3.05) is 0 Å². The van der Waals surface area contributed by atoms with Crippen LogP contribution in [0.4, 0.5) is 0 Å². The summed E-state index contributed by atoms with van der Waals surface area (Å²) < 4.78 is 1.55. The van der Waals surface area contributed by atoms with E-state index in [1.54, 1.807) is 18.4 Å². The summed E-state index contributed by atoms with van der Waals surface area (Å²) in [5.41, 5.74) is 1.19. The Morgan fingerprint density at radius 2 is 1.93 bits per heavy atom. The maximum Gasteiger partial charge on any atom is 0.255 e. The summed E-state index contributed by atoms with van der Waals surface area (Å²) in [4.78, 5) is 18.2. The van der Waals surface area contributed by atoms with E-state index in [1.807, 2.05) is 0 Å². The van der Waals surface area contributed by atoms with Gasteiger partial charge in [-0.05, 0) is 13.8 Å². The minimum atomic E-state index is -0.138. The predicted octanol–water partition coefficient (Wildman–Crippen LogP) is -0.0326. The summed E-state index contributed by atoms with van der Waals surface area (Å²) in [7, 11) is 0. The van der Waals surface area contributed by atoms with E-state index in [9.17, 15) is 4.79 Å². The molecular weight excluding hydrogens is 182 g/mol. The van der Waals surface area contributed by atoms with Gasteiger partial charge in [0.15, 0.2) is 0 Å². The minimum absolute atomic E-state index is 0.138. The molecule has 14 heavy (non-hydrogen) atoms. The van der Waals surface area contributed by atoms with Gasteiger partial charge in [-0.1, -0.05) is 0 Å². The van der Waals surface area contributed by atoms with Gasteiger partial charge >= 0.3 is 0 Å². The van der Waals surface area contributed by atoms with Crippen molar-refractivity contribution in [3.05, 3.63) is 34.3 Å². The van der Waals surface area contributed by atoms with Crippen LogP contribution in [0.5, 0.6) is 0 Å². The van der Waals surface area contributed by atoms with Crippen molar-refractivity contribution >= 4 is 0 Å². The van der Waals surface area contributed by atoms with E-state index in [-0.39, 0.29) is 5.56 Å². The van der Waals surface area contributed by atoms with Crippen LogP contribution in [0.15, 0.2) is 17.4 Å². The first-order valence-corrected chi connectivity index (χ1v) is 4.11. The molecule has 0 bridgehead atoms. The molecule has 0 atom stereocenters. The average molecular weight is 191 g/mol. The average Bonchev–Trinajstić information content (AvgIpc) is 2.66. The number of aromatic amines is 1. The molecule has 0 saturated heterocycles. The molecule has 6 nitrogen and oxygen atoms in total. The molecule has 72 valence electrons. The van der Waals surface area contributed by atoms with Crippen LogP contribution in [-0.4, -0.2) is 24.7 Å². The predicted molar refractivity (Wildman–Crippen MR) is 49.2 cm³/mol. The van der Waals surface area contributed by atoms with Crippen molar-refractivity contribution in [2.24, 2.45) is 0 Å². The fourth-order valence-corrected chi connectivity index (χ4v) is 1.06. The number of rotatable bonds is 1. The van der Waals surface area contributed by atoms with Crippen LogP contribution in [0.3, 0.4) is 0 Å². The molecule has 0 spiro atoms. The number of H-pyrrole nitrogens is 1. The van der Waals surface area contributed by atoms with Crippen molar-refractivity contribution in [3.8, 4) is 5.95 Å². The lowest BCUT2D eigenvalue weighted by Crippen LogP contribution is -2.16. The maximum absolute atomic E-state index is 11.4. The minimum Gasteiger partial charge on any atom is -0.292 e. The quantitative estimate of drug-likeness (QED) is 0.686. The smallest absolute Gasteiger partial charge is 0.255 e. The zero-order valence-corrected chi connectivity index (χ0v) is 7.85. The second-order valence-electron chi connectivity index (χ2n) is 2.97. The number of aromatic nitrogens is 5. The Kier molecular flexibility index (Phi) is 1.88. The van der Waals surface area contributed by atoms with E-state index in [0.717, 1.165) is 0 Å². The molecule has 0 aliphatic heterocycles. The molecule has 0 saturated carbocycles. The highest BCUT2D eigenvalue weighted by Gasteiger charge is 2.04. The van der Waals surface area contributed by atoms with Crippen LogP contribution < -0.4 is 5.56 Å². The monoisotopic (exact) mass is 191 g/mol. The second-order valence-corrected chi connectivity index (χ2v) is 2.97. The summed E-state index contributed by atoms with van der Waals surface area (Å²) in [5.74, 6) is 0.433. The Balaban J connectivity index is 2.63. The summed E-state index contributed by atoms with van der Waals surface area (Å²) in [6.07, 6.45) is 2.96. The number of hydrogen-bond acceptors (Lipinski definition) is 4. The Morgan fingerprint density at radius 1 is 1.29 bits per heavy atom. The van der Waals surface area contributed by atoms with Crippen LogP contribution in [0.1, 0.15) is 11.3 Å². The lowest BCUT2D eigenvalue weighted by molar-refractivity contribution is 0.880. The van der Waals surface area contributed by atoms with Crippen LogP contribution in [0, 0.1) is 13.8 Å². The van der Waals surface area contributed by atoms with Gasteiger partial charge in [-0.25, -0.2) is 4.98 Å². The molecule has 0 aromatic carbocycles. The third-order valence-corrected chi connectivity index (χ3v) is 2.05. The highest BCUT2D eigenvalue weighted by Crippen LogP contribution is 2.00. The number of nitrogens with one attached hydrogen (secondary N) is 1. The van der Waals surface area contributed by atoms with Crippen LogP contribution in [0.25, 0.3) is 5.95 Å². The fraction of sp³-hybridized carbons (Fsp3) is 0.250. The number of nitrogens with zero attached hydrogens (tertiary/aromatic N) is 4. The normalized spacial score (nSPS) is 10.4. The van der Waals surface area contributed by atoms with E-state index in [4.69, 9.17) is 0 Å². The largest absolute Gasteiger partial charge is 0.292 e. The lowest BCUT2D eigenvalue weighted by atomic mass is 10.3. The van der Waals surface area contributed by atoms with Gasteiger partial charge < -0.3 is 0 Å². The molecule has 2 aromatic rings. The Morgan fingerprint density at radius 3 is 2.50 bits per heavy atom. The first-order valence-electron chi connectivity index (χ1n) is 4.11. The van der Waals surface area contributed by atoms with Gasteiger partial charge in [0.25, 0.3) is 5.56 Å². The summed E-state index contributed by atoms with van der Waals surface area (Å²) in [5, 5.41) is 7.26. The van der Waals surface area contributed by atoms with Crippen LogP contribution in [-0.2, 0) is 0 Å². The Labute approximate surface area is 79.6 Å². The first-order chi connectivity index (χ1) is 6.68. The third kappa shape index (κ3) is 1.30. The van der Waals surface area contributed by atoms with E-state index < -0.39 is 0 Å². The molecule has 1 N–H and O–H groups in total. The molecule has 2 rings (SSSR count). The zero-order valence-electron chi connectivity index (χ0n) is 7.85. The Hall–Kier alpha value is -1.98. The first kappa shape index (κ1) is 8.61. The van der Waals surface area contributed by atoms with Crippen molar-refractivity contribution in [2.45, 2.75) is 13.8 Å². The van der Waals surface area contributed by atoms with E-state index in [1.165, 1.54) is 12.7 Å². The molecule has 0 radical (unpaired) electrons. The van der Waals surface area contributed by atoms with Crippen molar-refractivity contribution in [1.29, 1.82) is 0 Å². The SMILES string of the molecule is Cc1nc(-n2cnnc2)[nH]c(=O)c1C. The van der Waals surface area contributed by atoms with Gasteiger partial charge in [-0.3, -0.25) is 14.3 Å². The van der Waals surface area contributed by atoms with Gasteiger partial charge in [-0.2, -0.15) is 0 Å². The molecule has 0 aliphatic rings. The van der Waals surface area contributed by atoms with Gasteiger partial charge in [0.2, 0.25) is 5.95 Å². The Bertz CT molecular complexity index is 499. The molecule has 0 unspecified atom stereocenters. The van der Waals surface area contributed by atoms with Gasteiger partial charge in [-0.15, -0.1) is 10.2 Å². The zero-order chi connectivity index (χ0) is 10.1. The van der Waals surface area contributed by atoms with E-state index >= 15 is 0 Å². The van der Waals surface area contributed by atoms with E-state index in [2.05, 4.69) is 20.2 Å². The van der Waals surface area contributed by atoms with E-state index in [0.29, 0.717) is 17.2 Å². The molecule has 0 amide bonds. The molecule has 6 heteroatoms. The van der Waals surface area contributed by atoms with Crippen LogP contribution in [0.2, 0.25) is 0 Å². The highest BCUT2D eigenvalue weighted by molar-refractivity contribution is 5.19. The summed E-state index contributed by atoms with van der Waals surface area (Å²) in [6, 6.07) is 0. The lowest BCUT2D eigenvalue weighted by Gasteiger charge is -2.02. The fourth-order valence-electron chi connectivity index (χ4n) is 1.06. The summed E-state index contributed by atoms with van der Waals surface area (Å²) in [6.45, 7) is 3.52. The maximum atomic E-state index is 11.4. The molecule has 0 aliphatic carbocycles. The van der Waals surface area contributed by atoms with Crippen LogP contribution >= 0.6 is 0 Å². The summed E-state index contributed by atoms with van der Waals surface area (Å²) >= 11 is 0. The standard InChI is InChI=1S/C8H9N5O/c1-5-6(2)11-8(12-7(5)14)13-3-9-10-4-13/h3-4H,1-2H3,(H,11,12,14). The van der Waals surface area contributed by atoms with Crippen molar-refractivity contribution < 1.29 is 0 Å². The van der Waals surface area contributed by atoms with Crippen molar-refractivity contribution in [1.82, 2.24) is 24.7 Å². The highest BCUT2D eigenvalue weighted by atomic mass is 16.1. The molecule has 0 fully saturated rings. The molecule has 2 aromatic heterocycles. The molecule has 2 heterocycles. The van der Waals surface area contributed by atoms with Crippen molar-refractivity contribution in [3.63, 3.8) is 0 Å². The topological polar surface area (TPSA) is 76.5 Å². The van der Waals surface area contributed by atoms with Gasteiger partial charge in [0, 0.05) is 11.3 Å². The third-order valence-electron chi connectivity index (χ3n) is 2.05. The van der Waals surface area contributed by atoms with Gasteiger partial charge in [0.1, 0.15) is 12.7 Å².